The monoisotopic (exact) mass is 390 g/mol. The van der Waals surface area contributed by atoms with E-state index >= 15 is 0 Å². The summed E-state index contributed by atoms with van der Waals surface area (Å²) in [6.07, 6.45) is 0.403. The van der Waals surface area contributed by atoms with Crippen molar-refractivity contribution in [2.24, 2.45) is 0 Å². The lowest BCUT2D eigenvalue weighted by Gasteiger charge is -2.25. The predicted octanol–water partition coefficient (Wildman–Crippen LogP) is 3.09. The standard InChI is InChI=1S/C21H26N2O3.ClH/c1-2-26-19-10-8-17(9-11-19)21(16-6-4-3-5-7-16)23-20(24)14-18-15-25-13-12-22-18;/h3-11,18,21-22H,2,12-15H2,1H3,(H,23,24);1H. The van der Waals surface area contributed by atoms with Crippen LogP contribution in [0.2, 0.25) is 0 Å². The second-order valence-electron chi connectivity index (χ2n) is 6.34. The fraction of sp³-hybridized carbons (Fsp3) is 0.381. The summed E-state index contributed by atoms with van der Waals surface area (Å²) in [6.45, 7) is 4.67. The number of benzene rings is 2. The Morgan fingerprint density at radius 1 is 1.19 bits per heavy atom. The number of morpholine rings is 1. The van der Waals surface area contributed by atoms with Crippen molar-refractivity contribution >= 4 is 18.3 Å². The molecule has 2 aromatic rings. The molecule has 1 heterocycles. The molecule has 0 aromatic heterocycles. The van der Waals surface area contributed by atoms with Crippen LogP contribution < -0.4 is 15.4 Å². The average Bonchev–Trinajstić information content (AvgIpc) is 2.69. The predicted molar refractivity (Wildman–Crippen MR) is 109 cm³/mol. The van der Waals surface area contributed by atoms with E-state index in [1.54, 1.807) is 0 Å². The molecule has 1 fully saturated rings. The SMILES string of the molecule is CCOc1ccc(C(NC(=O)CC2COCCN2)c2ccccc2)cc1.Cl. The molecule has 1 aliphatic heterocycles. The lowest BCUT2D eigenvalue weighted by atomic mass is 9.98. The van der Waals surface area contributed by atoms with Gasteiger partial charge in [0, 0.05) is 19.0 Å². The summed E-state index contributed by atoms with van der Waals surface area (Å²) in [5, 5.41) is 6.49. The van der Waals surface area contributed by atoms with Gasteiger partial charge in [-0.25, -0.2) is 0 Å². The Morgan fingerprint density at radius 3 is 2.52 bits per heavy atom. The second-order valence-corrected chi connectivity index (χ2v) is 6.34. The highest BCUT2D eigenvalue weighted by molar-refractivity contribution is 5.85. The Hall–Kier alpha value is -2.08. The maximum atomic E-state index is 12.6. The molecule has 1 saturated heterocycles. The van der Waals surface area contributed by atoms with Crippen molar-refractivity contribution in [1.82, 2.24) is 10.6 Å². The molecule has 2 atom stereocenters. The molecule has 3 rings (SSSR count). The van der Waals surface area contributed by atoms with Gasteiger partial charge in [-0.05, 0) is 30.2 Å². The average molecular weight is 391 g/mol. The van der Waals surface area contributed by atoms with E-state index in [1.165, 1.54) is 0 Å². The third kappa shape index (κ3) is 6.24. The Labute approximate surface area is 166 Å². The Kier molecular flexibility index (Phi) is 8.58. The molecule has 0 spiro atoms. The van der Waals surface area contributed by atoms with E-state index in [4.69, 9.17) is 9.47 Å². The largest absolute Gasteiger partial charge is 0.494 e. The van der Waals surface area contributed by atoms with Crippen LogP contribution in [0.1, 0.15) is 30.5 Å². The molecule has 0 radical (unpaired) electrons. The van der Waals surface area contributed by atoms with Crippen LogP contribution in [0.3, 0.4) is 0 Å². The van der Waals surface area contributed by atoms with Crippen molar-refractivity contribution in [1.29, 1.82) is 0 Å². The molecule has 0 bridgehead atoms. The summed E-state index contributed by atoms with van der Waals surface area (Å²) >= 11 is 0. The first-order chi connectivity index (χ1) is 12.8. The Balaban J connectivity index is 0.00000261. The maximum Gasteiger partial charge on any atom is 0.222 e. The van der Waals surface area contributed by atoms with Crippen molar-refractivity contribution in [2.45, 2.75) is 25.4 Å². The zero-order valence-corrected chi connectivity index (χ0v) is 16.3. The van der Waals surface area contributed by atoms with Gasteiger partial charge in [-0.15, -0.1) is 12.4 Å². The molecule has 6 heteroatoms. The number of ether oxygens (including phenoxy) is 2. The highest BCUT2D eigenvalue weighted by Gasteiger charge is 2.21. The molecule has 0 aliphatic carbocycles. The van der Waals surface area contributed by atoms with Crippen molar-refractivity contribution in [3.8, 4) is 5.75 Å². The van der Waals surface area contributed by atoms with Crippen molar-refractivity contribution < 1.29 is 14.3 Å². The first-order valence-corrected chi connectivity index (χ1v) is 9.14. The summed E-state index contributed by atoms with van der Waals surface area (Å²) in [5.74, 6) is 0.841. The minimum Gasteiger partial charge on any atom is -0.494 e. The van der Waals surface area contributed by atoms with E-state index in [2.05, 4.69) is 10.6 Å². The van der Waals surface area contributed by atoms with E-state index in [-0.39, 0.29) is 30.4 Å². The highest BCUT2D eigenvalue weighted by atomic mass is 35.5. The quantitative estimate of drug-likeness (QED) is 0.762. The van der Waals surface area contributed by atoms with Gasteiger partial charge >= 0.3 is 0 Å². The van der Waals surface area contributed by atoms with E-state index in [9.17, 15) is 4.79 Å². The molecule has 27 heavy (non-hydrogen) atoms. The smallest absolute Gasteiger partial charge is 0.222 e. The lowest BCUT2D eigenvalue weighted by molar-refractivity contribution is -0.122. The first kappa shape index (κ1) is 21.2. The molecular formula is C21H27ClN2O3. The normalized spacial score (nSPS) is 17.4. The van der Waals surface area contributed by atoms with Crippen molar-refractivity contribution in [3.63, 3.8) is 0 Å². The van der Waals surface area contributed by atoms with Crippen molar-refractivity contribution in [2.75, 3.05) is 26.4 Å². The molecule has 2 aromatic carbocycles. The number of hydrogen-bond donors (Lipinski definition) is 2. The first-order valence-electron chi connectivity index (χ1n) is 9.14. The zero-order valence-electron chi connectivity index (χ0n) is 15.5. The van der Waals surface area contributed by atoms with E-state index in [1.807, 2.05) is 61.5 Å². The number of amides is 1. The van der Waals surface area contributed by atoms with Crippen LogP contribution in [0.25, 0.3) is 0 Å². The third-order valence-electron chi connectivity index (χ3n) is 4.39. The number of hydrogen-bond acceptors (Lipinski definition) is 4. The van der Waals surface area contributed by atoms with Crippen LogP contribution in [-0.2, 0) is 9.53 Å². The summed E-state index contributed by atoms with van der Waals surface area (Å²) in [6, 6.07) is 17.8. The van der Waals surface area contributed by atoms with Crippen LogP contribution in [0, 0.1) is 0 Å². The summed E-state index contributed by atoms with van der Waals surface area (Å²) in [5.41, 5.74) is 2.08. The highest BCUT2D eigenvalue weighted by Crippen LogP contribution is 2.24. The number of carbonyl (C=O) groups is 1. The van der Waals surface area contributed by atoms with E-state index < -0.39 is 0 Å². The molecule has 2 N–H and O–H groups in total. The summed E-state index contributed by atoms with van der Waals surface area (Å²) in [4.78, 5) is 12.6. The van der Waals surface area contributed by atoms with Crippen LogP contribution in [0.4, 0.5) is 0 Å². The Bertz CT molecular complexity index is 688. The fourth-order valence-corrected chi connectivity index (χ4v) is 3.12. The van der Waals surface area contributed by atoms with Gasteiger partial charge in [0.05, 0.1) is 25.9 Å². The van der Waals surface area contributed by atoms with Gasteiger partial charge < -0.3 is 20.1 Å². The van der Waals surface area contributed by atoms with Crippen LogP contribution in [0.15, 0.2) is 54.6 Å². The van der Waals surface area contributed by atoms with Gasteiger partial charge in [0.15, 0.2) is 0 Å². The van der Waals surface area contributed by atoms with Gasteiger partial charge in [0.1, 0.15) is 5.75 Å². The van der Waals surface area contributed by atoms with E-state index in [0.29, 0.717) is 26.2 Å². The second kappa shape index (κ2) is 10.9. The molecule has 1 amide bonds. The molecule has 146 valence electrons. The third-order valence-corrected chi connectivity index (χ3v) is 4.39. The van der Waals surface area contributed by atoms with Crippen molar-refractivity contribution in [3.05, 3.63) is 65.7 Å². The number of carbonyl (C=O) groups excluding carboxylic acids is 1. The topological polar surface area (TPSA) is 59.6 Å². The summed E-state index contributed by atoms with van der Waals surface area (Å²) < 4.78 is 11.0. The molecular weight excluding hydrogens is 364 g/mol. The zero-order chi connectivity index (χ0) is 18.2. The minimum atomic E-state index is -0.191. The number of rotatable bonds is 7. The van der Waals surface area contributed by atoms with E-state index in [0.717, 1.165) is 23.4 Å². The number of nitrogens with one attached hydrogen (secondary N) is 2. The maximum absolute atomic E-state index is 12.6. The fourth-order valence-electron chi connectivity index (χ4n) is 3.12. The van der Waals surface area contributed by atoms with Crippen LogP contribution in [0.5, 0.6) is 5.75 Å². The Morgan fingerprint density at radius 2 is 1.89 bits per heavy atom. The van der Waals surface area contributed by atoms with Gasteiger partial charge in [0.25, 0.3) is 0 Å². The minimum absolute atomic E-state index is 0. The van der Waals surface area contributed by atoms with Gasteiger partial charge in [-0.1, -0.05) is 42.5 Å². The van der Waals surface area contributed by atoms with Gasteiger partial charge in [0.2, 0.25) is 5.91 Å². The molecule has 5 nitrogen and oxygen atoms in total. The number of halogens is 1. The van der Waals surface area contributed by atoms with Gasteiger partial charge in [-0.3, -0.25) is 4.79 Å². The van der Waals surface area contributed by atoms with Gasteiger partial charge in [-0.2, -0.15) is 0 Å². The summed E-state index contributed by atoms with van der Waals surface area (Å²) in [7, 11) is 0. The molecule has 2 unspecified atom stereocenters. The lowest BCUT2D eigenvalue weighted by Crippen LogP contribution is -2.44. The van der Waals surface area contributed by atoms with Crippen LogP contribution in [-0.4, -0.2) is 38.3 Å². The van der Waals surface area contributed by atoms with Crippen LogP contribution >= 0.6 is 12.4 Å². The molecule has 0 saturated carbocycles. The molecule has 1 aliphatic rings.